The van der Waals surface area contributed by atoms with Gasteiger partial charge in [0, 0.05) is 48.8 Å². The number of hydrogen-bond acceptors (Lipinski definition) is 4. The molecule has 6 nitrogen and oxygen atoms in total. The highest BCUT2D eigenvalue weighted by atomic mass is 35.5. The third kappa shape index (κ3) is 4.51. The number of benzene rings is 1. The van der Waals surface area contributed by atoms with Crippen LogP contribution < -0.4 is 15.1 Å². The van der Waals surface area contributed by atoms with Crippen molar-refractivity contribution in [2.24, 2.45) is 0 Å². The second-order valence-electron chi connectivity index (χ2n) is 7.96. The quantitative estimate of drug-likeness (QED) is 0.686. The van der Waals surface area contributed by atoms with E-state index in [0.717, 1.165) is 36.0 Å². The molecule has 0 aliphatic carbocycles. The first-order valence-corrected chi connectivity index (χ1v) is 11.3. The van der Waals surface area contributed by atoms with Gasteiger partial charge in [-0.2, -0.15) is 0 Å². The van der Waals surface area contributed by atoms with E-state index in [4.69, 9.17) is 33.6 Å². The molecule has 8 heteroatoms. The van der Waals surface area contributed by atoms with Gasteiger partial charge in [-0.1, -0.05) is 30.1 Å². The molecule has 2 N–H and O–H groups in total. The number of rotatable bonds is 5. The highest BCUT2D eigenvalue weighted by Crippen LogP contribution is 2.31. The number of piperidine rings is 1. The van der Waals surface area contributed by atoms with Crippen LogP contribution in [0.4, 0.5) is 17.2 Å². The molecular formula is C22H28Cl2N6. The molecule has 2 fully saturated rings. The predicted molar refractivity (Wildman–Crippen MR) is 127 cm³/mol. The molecule has 1 atom stereocenters. The molecule has 4 rings (SSSR count). The second kappa shape index (κ2) is 9.00. The fourth-order valence-electron chi connectivity index (χ4n) is 4.25. The zero-order valence-corrected chi connectivity index (χ0v) is 19.0. The van der Waals surface area contributed by atoms with Crippen molar-refractivity contribution in [3.63, 3.8) is 0 Å². The molecule has 30 heavy (non-hydrogen) atoms. The summed E-state index contributed by atoms with van der Waals surface area (Å²) < 4.78 is 0. The summed E-state index contributed by atoms with van der Waals surface area (Å²) in [6.07, 6.45) is 2.40. The van der Waals surface area contributed by atoms with Gasteiger partial charge >= 0.3 is 0 Å². The molecule has 2 aliphatic heterocycles. The third-order valence-electron chi connectivity index (χ3n) is 5.81. The van der Waals surface area contributed by atoms with E-state index in [2.05, 4.69) is 29.3 Å². The summed E-state index contributed by atoms with van der Waals surface area (Å²) >= 11 is 12.2. The fourth-order valence-corrected chi connectivity index (χ4v) is 4.55. The van der Waals surface area contributed by atoms with Crippen LogP contribution in [0.5, 0.6) is 0 Å². The maximum Gasteiger partial charge on any atom is 0.204 e. The number of aromatic nitrogens is 1. The Kier molecular flexibility index (Phi) is 6.37. The van der Waals surface area contributed by atoms with E-state index >= 15 is 0 Å². The minimum absolute atomic E-state index is 0.396. The Balaban J connectivity index is 1.51. The molecule has 3 heterocycles. The van der Waals surface area contributed by atoms with Crippen LogP contribution in [-0.2, 0) is 0 Å². The SMILES string of the molecule is CCN1CCCC(Nc2cc(C)nc(N3CCN(c4ccc(Cl)c(Cl)c4)C3=N)c2)C1. The summed E-state index contributed by atoms with van der Waals surface area (Å²) in [5, 5.41) is 13.4. The van der Waals surface area contributed by atoms with Crippen molar-refractivity contribution >= 4 is 46.4 Å². The minimum Gasteiger partial charge on any atom is -0.381 e. The summed E-state index contributed by atoms with van der Waals surface area (Å²) in [7, 11) is 0. The summed E-state index contributed by atoms with van der Waals surface area (Å²) in [6.45, 7) is 8.96. The van der Waals surface area contributed by atoms with Crippen LogP contribution in [-0.4, -0.2) is 54.6 Å². The molecular weight excluding hydrogens is 419 g/mol. The topological polar surface area (TPSA) is 58.5 Å². The molecule has 2 saturated heterocycles. The van der Waals surface area contributed by atoms with Crippen LogP contribution in [0.2, 0.25) is 10.0 Å². The van der Waals surface area contributed by atoms with E-state index in [-0.39, 0.29) is 0 Å². The standard InChI is InChI=1S/C22H28Cl2N6/c1-3-28-8-4-5-16(14-28)27-17-11-15(2)26-21(12-17)30-10-9-29(22(30)25)18-6-7-19(23)20(24)13-18/h6-7,11-13,16,25H,3-5,8-10,14H2,1-2H3,(H,26,27). The monoisotopic (exact) mass is 446 g/mol. The Morgan fingerprint density at radius 1 is 1.10 bits per heavy atom. The lowest BCUT2D eigenvalue weighted by Gasteiger charge is -2.33. The number of nitrogens with zero attached hydrogens (tertiary/aromatic N) is 4. The molecule has 1 aromatic heterocycles. The zero-order chi connectivity index (χ0) is 21.3. The van der Waals surface area contributed by atoms with E-state index in [0.29, 0.717) is 35.1 Å². The van der Waals surface area contributed by atoms with Crippen LogP contribution in [0.3, 0.4) is 0 Å². The lowest BCUT2D eigenvalue weighted by molar-refractivity contribution is 0.227. The molecule has 0 radical (unpaired) electrons. The van der Waals surface area contributed by atoms with Gasteiger partial charge in [0.2, 0.25) is 5.96 Å². The number of pyridine rings is 1. The Morgan fingerprint density at radius 3 is 2.67 bits per heavy atom. The largest absolute Gasteiger partial charge is 0.381 e. The lowest BCUT2D eigenvalue weighted by atomic mass is 10.1. The van der Waals surface area contributed by atoms with Gasteiger partial charge in [-0.25, -0.2) is 4.98 Å². The Bertz CT molecular complexity index is 934. The highest BCUT2D eigenvalue weighted by molar-refractivity contribution is 6.42. The molecule has 0 saturated carbocycles. The number of hydrogen-bond donors (Lipinski definition) is 2. The Labute approximate surface area is 188 Å². The smallest absolute Gasteiger partial charge is 0.204 e. The summed E-state index contributed by atoms with van der Waals surface area (Å²) in [6, 6.07) is 10.1. The summed E-state index contributed by atoms with van der Waals surface area (Å²) in [5.41, 5.74) is 2.88. The van der Waals surface area contributed by atoms with Crippen molar-refractivity contribution in [2.45, 2.75) is 32.7 Å². The van der Waals surface area contributed by atoms with Gasteiger partial charge in [-0.05, 0) is 57.1 Å². The van der Waals surface area contributed by atoms with Gasteiger partial charge in [-0.3, -0.25) is 10.3 Å². The van der Waals surface area contributed by atoms with E-state index in [1.165, 1.54) is 19.4 Å². The number of likely N-dealkylation sites (tertiary alicyclic amines) is 1. The normalized spacial score (nSPS) is 20.1. The van der Waals surface area contributed by atoms with Crippen molar-refractivity contribution in [1.82, 2.24) is 9.88 Å². The maximum atomic E-state index is 8.72. The summed E-state index contributed by atoms with van der Waals surface area (Å²) in [5.74, 6) is 1.19. The molecule has 0 spiro atoms. The number of anilines is 3. The first-order valence-electron chi connectivity index (χ1n) is 10.5. The molecule has 2 aromatic rings. The van der Waals surface area contributed by atoms with E-state index in [1.807, 2.05) is 22.8 Å². The van der Waals surface area contributed by atoms with Crippen LogP contribution >= 0.6 is 23.2 Å². The fraction of sp³-hybridized carbons (Fsp3) is 0.455. The van der Waals surface area contributed by atoms with Crippen LogP contribution in [0.25, 0.3) is 0 Å². The lowest BCUT2D eigenvalue weighted by Crippen LogP contribution is -2.41. The van der Waals surface area contributed by atoms with Crippen molar-refractivity contribution in [3.05, 3.63) is 46.1 Å². The summed E-state index contributed by atoms with van der Waals surface area (Å²) in [4.78, 5) is 11.1. The Hall–Kier alpha value is -2.02. The van der Waals surface area contributed by atoms with Crippen molar-refractivity contribution in [3.8, 4) is 0 Å². The van der Waals surface area contributed by atoms with Crippen molar-refractivity contribution in [2.75, 3.05) is 47.8 Å². The molecule has 1 aromatic carbocycles. The molecule has 2 aliphatic rings. The third-order valence-corrected chi connectivity index (χ3v) is 6.55. The van der Waals surface area contributed by atoms with Gasteiger partial charge < -0.3 is 15.1 Å². The second-order valence-corrected chi connectivity index (χ2v) is 8.77. The first-order chi connectivity index (χ1) is 14.4. The van der Waals surface area contributed by atoms with Gasteiger partial charge in [0.1, 0.15) is 5.82 Å². The molecule has 160 valence electrons. The first kappa shape index (κ1) is 21.2. The van der Waals surface area contributed by atoms with Crippen LogP contribution in [0.15, 0.2) is 30.3 Å². The van der Waals surface area contributed by atoms with Crippen LogP contribution in [0.1, 0.15) is 25.5 Å². The average molecular weight is 447 g/mol. The average Bonchev–Trinajstić information content (AvgIpc) is 3.11. The van der Waals surface area contributed by atoms with Gasteiger partial charge in [-0.15, -0.1) is 0 Å². The van der Waals surface area contributed by atoms with E-state index < -0.39 is 0 Å². The van der Waals surface area contributed by atoms with Gasteiger partial charge in [0.15, 0.2) is 0 Å². The number of likely N-dealkylation sites (N-methyl/N-ethyl adjacent to an activating group) is 1. The van der Waals surface area contributed by atoms with E-state index in [9.17, 15) is 0 Å². The maximum absolute atomic E-state index is 8.72. The van der Waals surface area contributed by atoms with Crippen molar-refractivity contribution in [1.29, 1.82) is 5.41 Å². The van der Waals surface area contributed by atoms with Gasteiger partial charge in [0.05, 0.1) is 10.0 Å². The number of nitrogens with one attached hydrogen (secondary N) is 2. The number of guanidine groups is 1. The van der Waals surface area contributed by atoms with Crippen molar-refractivity contribution < 1.29 is 0 Å². The van der Waals surface area contributed by atoms with E-state index in [1.54, 1.807) is 12.1 Å². The van der Waals surface area contributed by atoms with Crippen LogP contribution in [0, 0.1) is 12.3 Å². The molecule has 0 bridgehead atoms. The predicted octanol–water partition coefficient (Wildman–Crippen LogP) is 4.85. The van der Waals surface area contributed by atoms with Gasteiger partial charge in [0.25, 0.3) is 0 Å². The number of aryl methyl sites for hydroxylation is 1. The molecule has 0 amide bonds. The molecule has 1 unspecified atom stereocenters. The highest BCUT2D eigenvalue weighted by Gasteiger charge is 2.29. The Morgan fingerprint density at radius 2 is 1.90 bits per heavy atom. The number of halogens is 2. The minimum atomic E-state index is 0.396. The zero-order valence-electron chi connectivity index (χ0n) is 17.5.